The van der Waals surface area contributed by atoms with Crippen molar-refractivity contribution in [1.29, 1.82) is 0 Å². The maximum absolute atomic E-state index is 11.5. The average molecular weight is 341 g/mol. The first-order valence-corrected chi connectivity index (χ1v) is 8.32. The average Bonchev–Trinajstić information content (AvgIpc) is 2.62. The number of amides is 1. The number of aromatic nitrogens is 2. The van der Waals surface area contributed by atoms with Gasteiger partial charge < -0.3 is 19.9 Å². The number of nitrogens with one attached hydrogen (secondary N) is 1. The van der Waals surface area contributed by atoms with E-state index in [0.29, 0.717) is 5.82 Å². The highest BCUT2D eigenvalue weighted by Gasteiger charge is 2.20. The largest absolute Gasteiger partial charge is 0.497 e. The molecule has 0 radical (unpaired) electrons. The van der Waals surface area contributed by atoms with E-state index in [9.17, 15) is 4.79 Å². The molecular formula is C18H23N5O2. The summed E-state index contributed by atoms with van der Waals surface area (Å²) in [7, 11) is 1.65. The zero-order valence-electron chi connectivity index (χ0n) is 14.8. The Labute approximate surface area is 147 Å². The molecule has 1 amide bonds. The third kappa shape index (κ3) is 4.17. The number of methoxy groups -OCH3 is 1. The molecule has 0 saturated carbocycles. The molecule has 1 aromatic carbocycles. The standard InChI is InChI=1S/C18H23N5O2/c1-13-19-17(21-15-4-6-16(25-3)7-5-15)12-18(20-13)23-10-8-22(9-11-23)14(2)24/h4-7,12H,8-11H2,1-3H3,(H,19,20,21). The Balaban J connectivity index is 1.73. The fourth-order valence-electron chi connectivity index (χ4n) is 2.85. The quantitative estimate of drug-likeness (QED) is 0.919. The van der Waals surface area contributed by atoms with E-state index >= 15 is 0 Å². The molecule has 7 nitrogen and oxygen atoms in total. The number of nitrogens with zero attached hydrogens (tertiary/aromatic N) is 4. The van der Waals surface area contributed by atoms with Gasteiger partial charge in [-0.1, -0.05) is 0 Å². The molecule has 0 spiro atoms. The summed E-state index contributed by atoms with van der Waals surface area (Å²) in [5.74, 6) is 3.28. The van der Waals surface area contributed by atoms with Gasteiger partial charge in [-0.2, -0.15) is 0 Å². The number of benzene rings is 1. The number of hydrogen-bond acceptors (Lipinski definition) is 6. The van der Waals surface area contributed by atoms with Crippen LogP contribution in [-0.2, 0) is 4.79 Å². The van der Waals surface area contributed by atoms with Crippen LogP contribution in [-0.4, -0.2) is 54.1 Å². The van der Waals surface area contributed by atoms with Crippen molar-refractivity contribution in [2.75, 3.05) is 43.5 Å². The summed E-state index contributed by atoms with van der Waals surface area (Å²) >= 11 is 0. The Morgan fingerprint density at radius 2 is 1.80 bits per heavy atom. The predicted octanol–water partition coefficient (Wildman–Crippen LogP) is 2.21. The van der Waals surface area contributed by atoms with Gasteiger partial charge >= 0.3 is 0 Å². The highest BCUT2D eigenvalue weighted by molar-refractivity contribution is 5.73. The van der Waals surface area contributed by atoms with Crippen molar-refractivity contribution in [2.45, 2.75) is 13.8 Å². The molecule has 1 saturated heterocycles. The van der Waals surface area contributed by atoms with Gasteiger partial charge in [0.1, 0.15) is 23.2 Å². The van der Waals surface area contributed by atoms with Crippen molar-refractivity contribution in [3.8, 4) is 5.75 Å². The number of ether oxygens (including phenoxy) is 1. The van der Waals surface area contributed by atoms with E-state index in [4.69, 9.17) is 4.74 Å². The Kier molecular flexibility index (Phi) is 5.02. The van der Waals surface area contributed by atoms with Crippen LogP contribution in [0.5, 0.6) is 5.75 Å². The molecule has 2 heterocycles. The Morgan fingerprint density at radius 1 is 1.12 bits per heavy atom. The van der Waals surface area contributed by atoms with E-state index in [-0.39, 0.29) is 5.91 Å². The van der Waals surface area contributed by atoms with Crippen molar-refractivity contribution in [2.24, 2.45) is 0 Å². The predicted molar refractivity (Wildman–Crippen MR) is 97.5 cm³/mol. The lowest BCUT2D eigenvalue weighted by atomic mass is 10.3. The van der Waals surface area contributed by atoms with Gasteiger partial charge in [-0.15, -0.1) is 0 Å². The van der Waals surface area contributed by atoms with Gasteiger partial charge in [-0.3, -0.25) is 4.79 Å². The highest BCUT2D eigenvalue weighted by Crippen LogP contribution is 2.22. The van der Waals surface area contributed by atoms with Crippen LogP contribution in [0.15, 0.2) is 30.3 Å². The third-order valence-corrected chi connectivity index (χ3v) is 4.24. The van der Waals surface area contributed by atoms with Crippen molar-refractivity contribution in [1.82, 2.24) is 14.9 Å². The Morgan fingerprint density at radius 3 is 2.40 bits per heavy atom. The minimum atomic E-state index is 0.125. The fourth-order valence-corrected chi connectivity index (χ4v) is 2.85. The molecule has 7 heteroatoms. The number of carbonyl (C=O) groups is 1. The molecule has 132 valence electrons. The molecule has 0 aliphatic carbocycles. The molecule has 25 heavy (non-hydrogen) atoms. The second kappa shape index (κ2) is 7.38. The lowest BCUT2D eigenvalue weighted by Gasteiger charge is -2.35. The Hall–Kier alpha value is -2.83. The van der Waals surface area contributed by atoms with Crippen LogP contribution in [0.1, 0.15) is 12.7 Å². The van der Waals surface area contributed by atoms with Crippen molar-refractivity contribution >= 4 is 23.2 Å². The molecule has 0 unspecified atom stereocenters. The monoisotopic (exact) mass is 341 g/mol. The minimum Gasteiger partial charge on any atom is -0.497 e. The van der Waals surface area contributed by atoms with Gasteiger partial charge in [0.2, 0.25) is 5.91 Å². The second-order valence-corrected chi connectivity index (χ2v) is 6.01. The van der Waals surface area contributed by atoms with Crippen LogP contribution in [0.2, 0.25) is 0 Å². The Bertz CT molecular complexity index is 740. The molecule has 0 atom stereocenters. The van der Waals surface area contributed by atoms with Crippen molar-refractivity contribution < 1.29 is 9.53 Å². The van der Waals surface area contributed by atoms with Crippen LogP contribution >= 0.6 is 0 Å². The van der Waals surface area contributed by atoms with Gasteiger partial charge in [0, 0.05) is 44.9 Å². The van der Waals surface area contributed by atoms with Crippen LogP contribution in [0, 0.1) is 6.92 Å². The number of carbonyl (C=O) groups excluding carboxylic acids is 1. The molecule has 1 aliphatic heterocycles. The van der Waals surface area contributed by atoms with Gasteiger partial charge in [0.05, 0.1) is 7.11 Å². The van der Waals surface area contributed by atoms with Crippen molar-refractivity contribution in [3.63, 3.8) is 0 Å². The maximum Gasteiger partial charge on any atom is 0.219 e. The normalized spacial score (nSPS) is 14.4. The molecule has 3 rings (SSSR count). The highest BCUT2D eigenvalue weighted by atomic mass is 16.5. The zero-order chi connectivity index (χ0) is 17.8. The number of hydrogen-bond donors (Lipinski definition) is 1. The minimum absolute atomic E-state index is 0.125. The lowest BCUT2D eigenvalue weighted by molar-refractivity contribution is -0.129. The molecule has 2 aromatic rings. The SMILES string of the molecule is COc1ccc(Nc2cc(N3CCN(C(C)=O)CC3)nc(C)n2)cc1. The second-order valence-electron chi connectivity index (χ2n) is 6.01. The van der Waals surface area contributed by atoms with Gasteiger partial charge in [-0.05, 0) is 31.2 Å². The number of rotatable bonds is 4. The van der Waals surface area contributed by atoms with Gasteiger partial charge in [0.25, 0.3) is 0 Å². The molecule has 1 aromatic heterocycles. The molecule has 1 fully saturated rings. The summed E-state index contributed by atoms with van der Waals surface area (Å²) < 4.78 is 5.17. The molecule has 1 N–H and O–H groups in total. The molecule has 1 aliphatic rings. The summed E-state index contributed by atoms with van der Waals surface area (Å²) in [6, 6.07) is 9.64. The van der Waals surface area contributed by atoms with Crippen molar-refractivity contribution in [3.05, 3.63) is 36.2 Å². The first-order chi connectivity index (χ1) is 12.0. The van der Waals surface area contributed by atoms with Crippen LogP contribution in [0.3, 0.4) is 0 Å². The fraction of sp³-hybridized carbons (Fsp3) is 0.389. The number of anilines is 3. The molecule has 0 bridgehead atoms. The first kappa shape index (κ1) is 17.0. The zero-order valence-corrected chi connectivity index (χ0v) is 14.8. The van der Waals surface area contributed by atoms with E-state index in [0.717, 1.165) is 49.3 Å². The topological polar surface area (TPSA) is 70.6 Å². The summed E-state index contributed by atoms with van der Waals surface area (Å²) in [5, 5.41) is 3.30. The van der Waals surface area contributed by atoms with Gasteiger partial charge in [0.15, 0.2) is 0 Å². The molecular weight excluding hydrogens is 318 g/mol. The van der Waals surface area contributed by atoms with Crippen LogP contribution in [0.4, 0.5) is 17.3 Å². The summed E-state index contributed by atoms with van der Waals surface area (Å²) in [4.78, 5) is 24.5. The summed E-state index contributed by atoms with van der Waals surface area (Å²) in [6.45, 7) is 6.49. The maximum atomic E-state index is 11.5. The first-order valence-electron chi connectivity index (χ1n) is 8.32. The smallest absolute Gasteiger partial charge is 0.219 e. The van der Waals surface area contributed by atoms with E-state index in [1.54, 1.807) is 14.0 Å². The number of aryl methyl sites for hydroxylation is 1. The lowest BCUT2D eigenvalue weighted by Crippen LogP contribution is -2.48. The summed E-state index contributed by atoms with van der Waals surface area (Å²) in [5.41, 5.74) is 0.936. The van der Waals surface area contributed by atoms with Gasteiger partial charge in [-0.25, -0.2) is 9.97 Å². The summed E-state index contributed by atoms with van der Waals surface area (Å²) in [6.07, 6.45) is 0. The van der Waals surface area contributed by atoms with Crippen LogP contribution in [0.25, 0.3) is 0 Å². The third-order valence-electron chi connectivity index (χ3n) is 4.24. The van der Waals surface area contributed by atoms with E-state index in [1.165, 1.54) is 0 Å². The van der Waals surface area contributed by atoms with E-state index in [2.05, 4.69) is 20.2 Å². The van der Waals surface area contributed by atoms with E-state index in [1.807, 2.05) is 42.2 Å². The van der Waals surface area contributed by atoms with E-state index < -0.39 is 0 Å². The van der Waals surface area contributed by atoms with Crippen LogP contribution < -0.4 is 15.0 Å². The number of piperazine rings is 1.